The van der Waals surface area contributed by atoms with Gasteiger partial charge < -0.3 is 9.57 Å². The first kappa shape index (κ1) is 21.0. The Hall–Kier alpha value is -3.69. The van der Waals surface area contributed by atoms with Crippen LogP contribution in [0.25, 0.3) is 0 Å². The molecule has 3 rings (SSSR count). The molecule has 2 heterocycles. The zero-order valence-electron chi connectivity index (χ0n) is 17.2. The van der Waals surface area contributed by atoms with Gasteiger partial charge in [0.2, 0.25) is 5.66 Å². The standard InChI is InChI=1S/C20H23N7O3/c1-19(2,3)30-18(28)22-16-12-8-11-15(21-16)13-29-23-17(14-9-6-5-7-10-14)20(4)24-26-27-25-20/h5-12H,13H2,1-4H3,(H,21,22,28). The molecule has 10 heteroatoms. The van der Waals surface area contributed by atoms with Crippen LogP contribution in [0.2, 0.25) is 0 Å². The van der Waals surface area contributed by atoms with Gasteiger partial charge in [-0.3, -0.25) is 5.32 Å². The predicted octanol–water partition coefficient (Wildman–Crippen LogP) is 4.90. The number of carbonyl (C=O) groups is 1. The molecule has 0 aliphatic carbocycles. The number of aromatic nitrogens is 1. The molecule has 0 saturated heterocycles. The number of amides is 1. The van der Waals surface area contributed by atoms with Crippen molar-refractivity contribution in [2.45, 2.75) is 45.6 Å². The van der Waals surface area contributed by atoms with Gasteiger partial charge in [0.1, 0.15) is 17.1 Å². The first-order valence-electron chi connectivity index (χ1n) is 9.31. The highest BCUT2D eigenvalue weighted by Crippen LogP contribution is 2.25. The Labute approximate surface area is 174 Å². The summed E-state index contributed by atoms with van der Waals surface area (Å²) in [5.41, 5.74) is 0.164. The van der Waals surface area contributed by atoms with Crippen LogP contribution >= 0.6 is 0 Å². The Kier molecular flexibility index (Phi) is 6.14. The topological polar surface area (TPSA) is 122 Å². The van der Waals surface area contributed by atoms with Gasteiger partial charge in [-0.2, -0.15) is 0 Å². The Morgan fingerprint density at radius 1 is 1.07 bits per heavy atom. The van der Waals surface area contributed by atoms with E-state index in [1.807, 2.05) is 30.3 Å². The van der Waals surface area contributed by atoms with Gasteiger partial charge in [0.15, 0.2) is 6.61 Å². The summed E-state index contributed by atoms with van der Waals surface area (Å²) in [6, 6.07) is 14.6. The fourth-order valence-electron chi connectivity index (χ4n) is 2.54. The van der Waals surface area contributed by atoms with Crippen molar-refractivity contribution in [1.29, 1.82) is 0 Å². The second-order valence-corrected chi connectivity index (χ2v) is 7.62. The second-order valence-electron chi connectivity index (χ2n) is 7.62. The highest BCUT2D eigenvalue weighted by molar-refractivity contribution is 6.06. The molecule has 1 N–H and O–H groups in total. The molecule has 1 aromatic carbocycles. The van der Waals surface area contributed by atoms with Gasteiger partial charge in [-0.05, 0) is 50.3 Å². The third kappa shape index (κ3) is 5.66. The molecule has 0 atom stereocenters. The van der Waals surface area contributed by atoms with Crippen molar-refractivity contribution in [1.82, 2.24) is 4.98 Å². The van der Waals surface area contributed by atoms with Crippen LogP contribution in [0.1, 0.15) is 39.0 Å². The van der Waals surface area contributed by atoms with E-state index >= 15 is 0 Å². The molecule has 1 aromatic heterocycles. The van der Waals surface area contributed by atoms with E-state index < -0.39 is 17.4 Å². The number of ether oxygens (including phenoxy) is 1. The molecule has 0 fully saturated rings. The summed E-state index contributed by atoms with van der Waals surface area (Å²) in [7, 11) is 0. The van der Waals surface area contributed by atoms with Gasteiger partial charge in [-0.15, -0.1) is 10.2 Å². The molecule has 1 amide bonds. The van der Waals surface area contributed by atoms with E-state index in [1.54, 1.807) is 45.9 Å². The number of nitrogens with one attached hydrogen (secondary N) is 1. The molecular formula is C20H23N7O3. The summed E-state index contributed by atoms with van der Waals surface area (Å²) < 4.78 is 5.23. The van der Waals surface area contributed by atoms with Crippen molar-refractivity contribution in [3.8, 4) is 0 Å². The zero-order chi connectivity index (χ0) is 21.6. The molecule has 0 spiro atoms. The lowest BCUT2D eigenvalue weighted by atomic mass is 10.0. The van der Waals surface area contributed by atoms with Crippen LogP contribution in [-0.4, -0.2) is 28.1 Å². The van der Waals surface area contributed by atoms with Crippen molar-refractivity contribution in [3.05, 3.63) is 59.8 Å². The maximum Gasteiger partial charge on any atom is 0.413 e. The second kappa shape index (κ2) is 8.76. The van der Waals surface area contributed by atoms with Gasteiger partial charge >= 0.3 is 6.09 Å². The van der Waals surface area contributed by atoms with E-state index in [0.717, 1.165) is 5.56 Å². The summed E-state index contributed by atoms with van der Waals surface area (Å²) in [4.78, 5) is 21.8. The monoisotopic (exact) mass is 409 g/mol. The molecule has 0 bridgehead atoms. The van der Waals surface area contributed by atoms with Gasteiger partial charge in [-0.1, -0.05) is 41.6 Å². The normalized spacial score (nSPS) is 15.1. The van der Waals surface area contributed by atoms with Gasteiger partial charge in [0.25, 0.3) is 0 Å². The molecule has 156 valence electrons. The van der Waals surface area contributed by atoms with E-state index in [-0.39, 0.29) is 6.61 Å². The minimum Gasteiger partial charge on any atom is -0.444 e. The van der Waals surface area contributed by atoms with Crippen molar-refractivity contribution in [2.75, 3.05) is 5.32 Å². The molecule has 0 saturated carbocycles. The van der Waals surface area contributed by atoms with Crippen molar-refractivity contribution >= 4 is 17.6 Å². The van der Waals surface area contributed by atoms with E-state index in [0.29, 0.717) is 17.2 Å². The number of benzene rings is 1. The molecule has 10 nitrogen and oxygen atoms in total. The first-order valence-corrected chi connectivity index (χ1v) is 9.31. The molecule has 1 aliphatic rings. The van der Waals surface area contributed by atoms with E-state index in [4.69, 9.17) is 9.57 Å². The van der Waals surface area contributed by atoms with Crippen LogP contribution in [0.5, 0.6) is 0 Å². The Bertz CT molecular complexity index is 969. The lowest BCUT2D eigenvalue weighted by Gasteiger charge is -2.19. The molecule has 2 aromatic rings. The maximum atomic E-state index is 11.9. The van der Waals surface area contributed by atoms with Crippen LogP contribution in [0.3, 0.4) is 0 Å². The fraction of sp³-hybridized carbons (Fsp3) is 0.350. The third-order valence-corrected chi connectivity index (χ3v) is 3.82. The Morgan fingerprint density at radius 3 is 2.43 bits per heavy atom. The van der Waals surface area contributed by atoms with Crippen LogP contribution in [-0.2, 0) is 16.2 Å². The lowest BCUT2D eigenvalue weighted by Crippen LogP contribution is -2.30. The third-order valence-electron chi connectivity index (χ3n) is 3.82. The summed E-state index contributed by atoms with van der Waals surface area (Å²) in [5.74, 6) is 0.350. The maximum absolute atomic E-state index is 11.9. The quantitative estimate of drug-likeness (QED) is 0.538. The van der Waals surface area contributed by atoms with Crippen LogP contribution < -0.4 is 5.32 Å². The number of rotatable bonds is 6. The number of anilines is 1. The number of pyridine rings is 1. The SMILES string of the molecule is CC(C)(C)OC(=O)Nc1cccc(CON=C(c2ccccc2)C2(C)N=NN=N2)n1. The minimum absolute atomic E-state index is 0.0739. The predicted molar refractivity (Wildman–Crippen MR) is 110 cm³/mol. The summed E-state index contributed by atoms with van der Waals surface area (Å²) in [6.07, 6.45) is -0.581. The molecule has 1 aliphatic heterocycles. The van der Waals surface area contributed by atoms with Crippen LogP contribution in [0.15, 0.2) is 74.4 Å². The fourth-order valence-corrected chi connectivity index (χ4v) is 2.54. The molecule has 30 heavy (non-hydrogen) atoms. The van der Waals surface area contributed by atoms with Gasteiger partial charge in [-0.25, -0.2) is 9.78 Å². The molecule has 0 radical (unpaired) electrons. The lowest BCUT2D eigenvalue weighted by molar-refractivity contribution is 0.0635. The van der Waals surface area contributed by atoms with Crippen molar-refractivity contribution < 1.29 is 14.4 Å². The van der Waals surface area contributed by atoms with Crippen molar-refractivity contribution in [3.63, 3.8) is 0 Å². The summed E-state index contributed by atoms with van der Waals surface area (Å²) >= 11 is 0. The largest absolute Gasteiger partial charge is 0.444 e. The van der Waals surface area contributed by atoms with Crippen LogP contribution in [0.4, 0.5) is 10.6 Å². The highest BCUT2D eigenvalue weighted by Gasteiger charge is 2.35. The Morgan fingerprint density at radius 2 is 1.77 bits per heavy atom. The average Bonchev–Trinajstić information content (AvgIpc) is 3.12. The molecular weight excluding hydrogens is 386 g/mol. The number of hydrogen-bond donors (Lipinski definition) is 1. The van der Waals surface area contributed by atoms with Gasteiger partial charge in [0.05, 0.1) is 5.69 Å². The van der Waals surface area contributed by atoms with Crippen molar-refractivity contribution in [2.24, 2.45) is 25.8 Å². The van der Waals surface area contributed by atoms with E-state index in [9.17, 15) is 4.79 Å². The summed E-state index contributed by atoms with van der Waals surface area (Å²) in [6.45, 7) is 7.18. The smallest absolute Gasteiger partial charge is 0.413 e. The van der Waals surface area contributed by atoms with E-state index in [2.05, 4.69) is 36.1 Å². The first-order chi connectivity index (χ1) is 14.3. The van der Waals surface area contributed by atoms with Gasteiger partial charge in [0, 0.05) is 5.56 Å². The average molecular weight is 409 g/mol. The van der Waals surface area contributed by atoms with E-state index in [1.165, 1.54) is 0 Å². The number of oxime groups is 1. The number of nitrogens with zero attached hydrogens (tertiary/aromatic N) is 6. The Balaban J connectivity index is 1.71. The molecule has 0 unspecified atom stereocenters. The zero-order valence-corrected chi connectivity index (χ0v) is 17.2. The highest BCUT2D eigenvalue weighted by atomic mass is 16.6. The van der Waals surface area contributed by atoms with Crippen LogP contribution in [0, 0.1) is 0 Å². The number of carbonyl (C=O) groups excluding carboxylic acids is 1. The minimum atomic E-state index is -1.06. The number of hydrogen-bond acceptors (Lipinski definition) is 9. The summed E-state index contributed by atoms with van der Waals surface area (Å²) in [5, 5.41) is 22.1.